The summed E-state index contributed by atoms with van der Waals surface area (Å²) in [4.78, 5) is 22.4. The maximum atomic E-state index is 12.3. The first-order valence-electron chi connectivity index (χ1n) is 12.4. The molecule has 0 bridgehead atoms. The quantitative estimate of drug-likeness (QED) is 0.371. The number of carbonyl (C=O) groups excluding carboxylic acids is 1. The van der Waals surface area contributed by atoms with Crippen LogP contribution in [0.1, 0.15) is 72.6 Å². The summed E-state index contributed by atoms with van der Waals surface area (Å²) in [6.07, 6.45) is 9.11. The van der Waals surface area contributed by atoms with Gasteiger partial charge < -0.3 is 19.5 Å². The minimum atomic E-state index is -0.912. The molecule has 4 rings (SSSR count). The molecule has 0 aromatic rings. The predicted octanol–water partition coefficient (Wildman–Crippen LogP) is 4.49. The third kappa shape index (κ3) is 3.53. The lowest BCUT2D eigenvalue weighted by atomic mass is 9.44. The smallest absolute Gasteiger partial charge is 0.303 e. The summed E-state index contributed by atoms with van der Waals surface area (Å²) in [5.41, 5.74) is 1.98. The molecule has 3 fully saturated rings. The van der Waals surface area contributed by atoms with Crippen LogP contribution in [-0.4, -0.2) is 48.9 Å². The predicted molar refractivity (Wildman–Crippen MR) is 127 cm³/mol. The van der Waals surface area contributed by atoms with E-state index in [1.807, 2.05) is 0 Å². The third-order valence-corrected chi connectivity index (χ3v) is 9.76. The topological polar surface area (TPSA) is 89.7 Å². The number of nitrogens with zero attached hydrogens (tertiary/aromatic N) is 2. The van der Waals surface area contributed by atoms with E-state index < -0.39 is 5.60 Å². The molecule has 7 nitrogen and oxygen atoms in total. The van der Waals surface area contributed by atoms with Crippen LogP contribution in [0.2, 0.25) is 0 Å². The van der Waals surface area contributed by atoms with E-state index >= 15 is 0 Å². The fourth-order valence-electron chi connectivity index (χ4n) is 8.47. The lowest BCUT2D eigenvalue weighted by molar-refractivity contribution is -0.168. The summed E-state index contributed by atoms with van der Waals surface area (Å²) in [6, 6.07) is 0. The van der Waals surface area contributed by atoms with E-state index in [9.17, 15) is 9.90 Å². The molecule has 0 unspecified atom stereocenters. The maximum Gasteiger partial charge on any atom is 0.303 e. The van der Waals surface area contributed by atoms with Gasteiger partial charge in [0.15, 0.2) is 5.60 Å². The summed E-state index contributed by atoms with van der Waals surface area (Å²) < 4.78 is 6.11. The summed E-state index contributed by atoms with van der Waals surface area (Å²) >= 11 is 0. The number of carbonyl (C=O) groups is 1. The summed E-state index contributed by atoms with van der Waals surface area (Å²) in [6.45, 7) is 8.24. The van der Waals surface area contributed by atoms with Crippen LogP contribution in [0.15, 0.2) is 22.0 Å². The molecule has 4 aliphatic carbocycles. The molecule has 7 heteroatoms. The van der Waals surface area contributed by atoms with Gasteiger partial charge in [-0.05, 0) is 80.1 Å². The van der Waals surface area contributed by atoms with Gasteiger partial charge in [-0.3, -0.25) is 4.79 Å². The number of hydrogen-bond acceptors (Lipinski definition) is 7. The number of oxime groups is 2. The molecule has 33 heavy (non-hydrogen) atoms. The molecule has 0 amide bonds. The van der Waals surface area contributed by atoms with E-state index in [0.717, 1.165) is 44.2 Å². The highest BCUT2D eigenvalue weighted by atomic mass is 16.6. The Hall–Kier alpha value is -1.89. The third-order valence-electron chi connectivity index (χ3n) is 9.76. The molecular weight excluding hydrogens is 420 g/mol. The van der Waals surface area contributed by atoms with Gasteiger partial charge in [-0.2, -0.15) is 0 Å². The van der Waals surface area contributed by atoms with Crippen LogP contribution in [0.5, 0.6) is 0 Å². The minimum Gasteiger partial charge on any atom is -0.452 e. The Balaban J connectivity index is 1.73. The van der Waals surface area contributed by atoms with Gasteiger partial charge in [0, 0.05) is 12.3 Å². The second kappa shape index (κ2) is 8.71. The number of allylic oxidation sites excluding steroid dienone is 2. The van der Waals surface area contributed by atoms with Crippen molar-refractivity contribution in [2.24, 2.45) is 44.8 Å². The molecule has 3 saturated carbocycles. The zero-order valence-electron chi connectivity index (χ0n) is 21.0. The number of ether oxygens (including phenoxy) is 1. The van der Waals surface area contributed by atoms with Crippen LogP contribution in [0.25, 0.3) is 0 Å². The van der Waals surface area contributed by atoms with Crippen molar-refractivity contribution < 1.29 is 24.3 Å². The summed E-state index contributed by atoms with van der Waals surface area (Å²) in [5.74, 6) is 1.67. The van der Waals surface area contributed by atoms with Gasteiger partial charge in [0.25, 0.3) is 0 Å². The molecule has 0 radical (unpaired) electrons. The molecule has 184 valence electrons. The molecule has 0 heterocycles. The zero-order chi connectivity index (χ0) is 24.0. The highest BCUT2D eigenvalue weighted by Gasteiger charge is 2.68. The van der Waals surface area contributed by atoms with Crippen LogP contribution in [0.3, 0.4) is 0 Å². The van der Waals surface area contributed by atoms with Crippen LogP contribution in [-0.2, 0) is 19.2 Å². The van der Waals surface area contributed by atoms with Crippen molar-refractivity contribution in [1.29, 1.82) is 0 Å². The van der Waals surface area contributed by atoms with Crippen LogP contribution in [0.4, 0.5) is 0 Å². The molecule has 0 aliphatic heterocycles. The Labute approximate surface area is 197 Å². The van der Waals surface area contributed by atoms with Crippen molar-refractivity contribution in [2.75, 3.05) is 20.8 Å². The van der Waals surface area contributed by atoms with Crippen molar-refractivity contribution in [2.45, 2.75) is 78.2 Å². The van der Waals surface area contributed by atoms with E-state index in [1.165, 1.54) is 19.6 Å². The second-order valence-corrected chi connectivity index (χ2v) is 11.1. The average molecular weight is 461 g/mol. The van der Waals surface area contributed by atoms with Crippen molar-refractivity contribution >= 4 is 17.4 Å². The van der Waals surface area contributed by atoms with E-state index in [1.54, 1.807) is 7.11 Å². The highest BCUT2D eigenvalue weighted by molar-refractivity contribution is 5.97. The first-order valence-corrected chi connectivity index (χ1v) is 12.4. The Morgan fingerprint density at radius 2 is 1.88 bits per heavy atom. The Bertz CT molecular complexity index is 882. The van der Waals surface area contributed by atoms with Crippen LogP contribution in [0, 0.1) is 34.5 Å². The fourth-order valence-corrected chi connectivity index (χ4v) is 8.47. The highest BCUT2D eigenvalue weighted by Crippen LogP contribution is 2.69. The maximum absolute atomic E-state index is 12.3. The number of aliphatic hydroxyl groups is 1. The molecule has 0 aromatic carbocycles. The van der Waals surface area contributed by atoms with E-state index in [0.29, 0.717) is 35.8 Å². The molecule has 0 aromatic heterocycles. The van der Waals surface area contributed by atoms with Gasteiger partial charge in [-0.15, -0.1) is 0 Å². The van der Waals surface area contributed by atoms with E-state index in [4.69, 9.17) is 14.4 Å². The second-order valence-electron chi connectivity index (χ2n) is 11.1. The van der Waals surface area contributed by atoms with Crippen molar-refractivity contribution in [3.8, 4) is 0 Å². The molecule has 0 spiro atoms. The lowest BCUT2D eigenvalue weighted by Gasteiger charge is -2.60. The van der Waals surface area contributed by atoms with Crippen molar-refractivity contribution in [3.05, 3.63) is 11.6 Å². The van der Waals surface area contributed by atoms with E-state index in [2.05, 4.69) is 37.2 Å². The number of hydrogen-bond donors (Lipinski definition) is 1. The van der Waals surface area contributed by atoms with E-state index in [-0.39, 0.29) is 23.4 Å². The van der Waals surface area contributed by atoms with Gasteiger partial charge in [0.05, 0.1) is 12.3 Å². The Kier molecular flexibility index (Phi) is 6.40. The number of rotatable bonds is 5. The summed E-state index contributed by atoms with van der Waals surface area (Å²) in [5, 5.41) is 18.6. The molecule has 7 atom stereocenters. The number of fused-ring (bicyclic) bond motifs is 5. The molecule has 0 saturated heterocycles. The Morgan fingerprint density at radius 3 is 2.52 bits per heavy atom. The minimum absolute atomic E-state index is 0.156. The van der Waals surface area contributed by atoms with Gasteiger partial charge in [-0.25, -0.2) is 0 Å². The van der Waals surface area contributed by atoms with Gasteiger partial charge in [-0.1, -0.05) is 36.7 Å². The standard InChI is InChI=1S/C26H40N2O5/c1-16-13-19-20(24(3)10-7-18(27-31-5)14-22(16)24)8-11-25(4)21(19)9-12-26(25,33-17(2)30)23(15-29)28-32-6/h14,16,19-21,29H,7-13,15H2,1-6H3/b27-18-,28-23-/t16-,19+,20-,21-,24+,25-,26-/m0/s1. The van der Waals surface area contributed by atoms with Crippen LogP contribution < -0.4 is 0 Å². The van der Waals surface area contributed by atoms with Gasteiger partial charge in [0.1, 0.15) is 19.9 Å². The van der Waals surface area contributed by atoms with Crippen molar-refractivity contribution in [1.82, 2.24) is 0 Å². The Morgan fingerprint density at radius 1 is 1.15 bits per heavy atom. The van der Waals surface area contributed by atoms with Crippen LogP contribution >= 0.6 is 0 Å². The number of aliphatic hydroxyl groups excluding tert-OH is 1. The molecule has 1 N–H and O–H groups in total. The monoisotopic (exact) mass is 460 g/mol. The fraction of sp³-hybridized carbons (Fsp3) is 0.808. The number of esters is 1. The summed E-state index contributed by atoms with van der Waals surface area (Å²) in [7, 11) is 3.09. The largest absolute Gasteiger partial charge is 0.452 e. The first kappa shape index (κ1) is 24.2. The average Bonchev–Trinajstić information content (AvgIpc) is 3.05. The first-order chi connectivity index (χ1) is 15.7. The normalized spacial score (nSPS) is 43.8. The lowest BCUT2D eigenvalue weighted by Crippen LogP contribution is -2.60. The SMILES string of the molecule is CO/N=C1\C=C2[C@@H](C)C[C@@H]3[C@H](CC[C@@]4(C)[C@H]3CC[C@]4(OC(C)=O)/C(CO)=N\OC)[C@@]2(C)CC1. The zero-order valence-corrected chi connectivity index (χ0v) is 21.0. The molecular formula is C26H40N2O5. The van der Waals surface area contributed by atoms with Gasteiger partial charge in [0.2, 0.25) is 0 Å². The molecule has 4 aliphatic rings. The van der Waals surface area contributed by atoms with Gasteiger partial charge >= 0.3 is 5.97 Å². The van der Waals surface area contributed by atoms with Crippen molar-refractivity contribution in [3.63, 3.8) is 0 Å².